The fourth-order valence-corrected chi connectivity index (χ4v) is 3.63. The molecule has 0 aliphatic rings. The van der Waals surface area contributed by atoms with E-state index in [-0.39, 0.29) is 17.2 Å². The Morgan fingerprint density at radius 1 is 1.27 bits per heavy atom. The third kappa shape index (κ3) is 5.35. The number of nitro benzene ring substituents is 1. The van der Waals surface area contributed by atoms with Crippen LogP contribution in [0.1, 0.15) is 16.8 Å². The number of aromatic nitrogens is 3. The molecule has 3 aromatic rings. The number of hydrogen-bond donors (Lipinski definition) is 1. The van der Waals surface area contributed by atoms with Crippen molar-refractivity contribution in [1.29, 1.82) is 0 Å². The lowest BCUT2D eigenvalue weighted by Gasteiger charge is -2.19. The average Bonchev–Trinajstić information content (AvgIpc) is 3.16. The van der Waals surface area contributed by atoms with Gasteiger partial charge in [0.2, 0.25) is 0 Å². The van der Waals surface area contributed by atoms with Gasteiger partial charge < -0.3 is 14.8 Å². The highest BCUT2D eigenvalue weighted by atomic mass is 32.2. The quantitative estimate of drug-likeness (QED) is 0.318. The SMILES string of the molecule is CN(CCCNC(=O)c1ccc(Sc2nncn2C)c([N+](=O)[O-])c1)c1ccccc1. The number of rotatable bonds is 9. The van der Waals surface area contributed by atoms with Gasteiger partial charge in [0.15, 0.2) is 5.16 Å². The first-order chi connectivity index (χ1) is 14.5. The zero-order chi connectivity index (χ0) is 21.5. The summed E-state index contributed by atoms with van der Waals surface area (Å²) in [5.41, 5.74) is 1.22. The highest BCUT2D eigenvalue weighted by Gasteiger charge is 2.20. The van der Waals surface area contributed by atoms with Crippen molar-refractivity contribution in [3.8, 4) is 0 Å². The van der Waals surface area contributed by atoms with Crippen molar-refractivity contribution in [2.45, 2.75) is 16.5 Å². The smallest absolute Gasteiger partial charge is 0.284 e. The number of hydrogen-bond acceptors (Lipinski definition) is 7. The largest absolute Gasteiger partial charge is 0.375 e. The summed E-state index contributed by atoms with van der Waals surface area (Å²) in [5.74, 6) is -0.337. The number of nitrogens with one attached hydrogen (secondary N) is 1. The normalized spacial score (nSPS) is 10.6. The van der Waals surface area contributed by atoms with Gasteiger partial charge in [-0.1, -0.05) is 18.2 Å². The Bertz CT molecular complexity index is 1020. The maximum Gasteiger partial charge on any atom is 0.284 e. The molecule has 1 aromatic heterocycles. The molecule has 0 saturated carbocycles. The van der Waals surface area contributed by atoms with E-state index >= 15 is 0 Å². The van der Waals surface area contributed by atoms with Crippen LogP contribution in [0, 0.1) is 10.1 Å². The zero-order valence-electron chi connectivity index (χ0n) is 16.7. The van der Waals surface area contributed by atoms with Crippen molar-refractivity contribution in [2.75, 3.05) is 25.0 Å². The van der Waals surface area contributed by atoms with Crippen molar-refractivity contribution < 1.29 is 9.72 Å². The van der Waals surface area contributed by atoms with Gasteiger partial charge >= 0.3 is 0 Å². The Kier molecular flexibility index (Phi) is 7.02. The van der Waals surface area contributed by atoms with Gasteiger partial charge in [-0.15, -0.1) is 10.2 Å². The molecule has 10 heteroatoms. The van der Waals surface area contributed by atoms with Gasteiger partial charge in [0.05, 0.1) is 9.82 Å². The first kappa shape index (κ1) is 21.3. The maximum absolute atomic E-state index is 12.4. The van der Waals surface area contributed by atoms with E-state index in [0.717, 1.165) is 30.4 Å². The first-order valence-corrected chi connectivity index (χ1v) is 10.1. The lowest BCUT2D eigenvalue weighted by molar-refractivity contribution is -0.387. The van der Waals surface area contributed by atoms with E-state index < -0.39 is 4.92 Å². The fourth-order valence-electron chi connectivity index (χ4n) is 2.78. The maximum atomic E-state index is 12.4. The van der Waals surface area contributed by atoms with Gasteiger partial charge in [-0.2, -0.15) is 0 Å². The number of amides is 1. The van der Waals surface area contributed by atoms with Crippen molar-refractivity contribution >= 4 is 29.0 Å². The third-order valence-corrected chi connectivity index (χ3v) is 5.56. The molecule has 0 saturated heterocycles. The van der Waals surface area contributed by atoms with E-state index in [1.165, 1.54) is 12.4 Å². The molecule has 0 spiro atoms. The Hall–Kier alpha value is -3.40. The Balaban J connectivity index is 1.58. The number of para-hydroxylation sites is 1. The minimum atomic E-state index is -0.496. The van der Waals surface area contributed by atoms with Gasteiger partial charge in [0.1, 0.15) is 6.33 Å². The molecule has 0 aliphatic carbocycles. The molecule has 0 fully saturated rings. The molecule has 0 radical (unpaired) electrons. The van der Waals surface area contributed by atoms with Crippen LogP contribution < -0.4 is 10.2 Å². The number of nitrogens with zero attached hydrogens (tertiary/aromatic N) is 5. The van der Waals surface area contributed by atoms with E-state index in [0.29, 0.717) is 16.6 Å². The standard InChI is InChI=1S/C20H22N6O3S/c1-24(16-7-4-3-5-8-16)12-6-11-21-19(27)15-9-10-18(17(13-15)26(28)29)30-20-23-22-14-25(20)2/h3-5,7-10,13-14H,6,11-12H2,1-2H3,(H,21,27). The fraction of sp³-hybridized carbons (Fsp3) is 0.250. The van der Waals surface area contributed by atoms with Crippen LogP contribution in [-0.2, 0) is 7.05 Å². The first-order valence-electron chi connectivity index (χ1n) is 9.30. The lowest BCUT2D eigenvalue weighted by atomic mass is 10.2. The van der Waals surface area contributed by atoms with Crippen LogP contribution in [0.15, 0.2) is 64.9 Å². The molecule has 0 aliphatic heterocycles. The van der Waals surface area contributed by atoms with Gasteiger partial charge in [-0.05, 0) is 42.4 Å². The molecule has 3 rings (SSSR count). The second kappa shape index (κ2) is 9.88. The predicted molar refractivity (Wildman–Crippen MR) is 115 cm³/mol. The summed E-state index contributed by atoms with van der Waals surface area (Å²) in [6.07, 6.45) is 2.27. The summed E-state index contributed by atoms with van der Waals surface area (Å²) >= 11 is 1.13. The van der Waals surface area contributed by atoms with Crippen molar-refractivity contribution in [3.63, 3.8) is 0 Å². The van der Waals surface area contributed by atoms with E-state index in [9.17, 15) is 14.9 Å². The summed E-state index contributed by atoms with van der Waals surface area (Å²) < 4.78 is 1.67. The number of carbonyl (C=O) groups is 1. The van der Waals surface area contributed by atoms with Crippen LogP contribution in [0.25, 0.3) is 0 Å². The highest BCUT2D eigenvalue weighted by molar-refractivity contribution is 7.99. The molecule has 156 valence electrons. The number of carbonyl (C=O) groups excluding carboxylic acids is 1. The molecule has 0 bridgehead atoms. The molecule has 1 heterocycles. The number of aryl methyl sites for hydroxylation is 1. The Morgan fingerprint density at radius 2 is 2.03 bits per heavy atom. The monoisotopic (exact) mass is 426 g/mol. The van der Waals surface area contributed by atoms with Crippen LogP contribution in [-0.4, -0.2) is 45.7 Å². The van der Waals surface area contributed by atoms with Crippen LogP contribution in [0.2, 0.25) is 0 Å². The Morgan fingerprint density at radius 3 is 2.70 bits per heavy atom. The van der Waals surface area contributed by atoms with Crippen molar-refractivity contribution in [2.24, 2.45) is 7.05 Å². The van der Waals surface area contributed by atoms with Crippen molar-refractivity contribution in [1.82, 2.24) is 20.1 Å². The molecule has 0 unspecified atom stereocenters. The van der Waals surface area contributed by atoms with E-state index in [2.05, 4.69) is 20.4 Å². The minimum Gasteiger partial charge on any atom is -0.375 e. The van der Waals surface area contributed by atoms with Gasteiger partial charge in [0, 0.05) is 44.5 Å². The van der Waals surface area contributed by atoms with Gasteiger partial charge in [-0.25, -0.2) is 0 Å². The number of anilines is 1. The van der Waals surface area contributed by atoms with Crippen LogP contribution in [0.5, 0.6) is 0 Å². The topological polar surface area (TPSA) is 106 Å². The minimum absolute atomic E-state index is 0.139. The van der Waals surface area contributed by atoms with Crippen molar-refractivity contribution in [3.05, 3.63) is 70.5 Å². The van der Waals surface area contributed by atoms with Crippen LogP contribution in [0.3, 0.4) is 0 Å². The predicted octanol–water partition coefficient (Wildman–Crippen LogP) is 3.13. The molecule has 9 nitrogen and oxygen atoms in total. The summed E-state index contributed by atoms with van der Waals surface area (Å²) in [7, 11) is 3.75. The molecular weight excluding hydrogens is 404 g/mol. The van der Waals surface area contributed by atoms with Crippen LogP contribution >= 0.6 is 11.8 Å². The average molecular weight is 427 g/mol. The molecule has 1 N–H and O–H groups in total. The molecule has 2 aromatic carbocycles. The molecule has 30 heavy (non-hydrogen) atoms. The number of benzene rings is 2. The summed E-state index contributed by atoms with van der Waals surface area (Å²) in [5, 5.41) is 22.5. The van der Waals surface area contributed by atoms with Gasteiger partial charge in [-0.3, -0.25) is 14.9 Å². The molecule has 0 atom stereocenters. The third-order valence-electron chi connectivity index (χ3n) is 4.44. The number of nitro groups is 1. The highest BCUT2D eigenvalue weighted by Crippen LogP contribution is 2.34. The molecule has 1 amide bonds. The van der Waals surface area contributed by atoms with E-state index in [1.54, 1.807) is 23.7 Å². The van der Waals surface area contributed by atoms with Crippen LogP contribution in [0.4, 0.5) is 11.4 Å². The Labute approximate surface area is 178 Å². The summed E-state index contributed by atoms with van der Waals surface area (Å²) in [4.78, 5) is 25.9. The second-order valence-corrected chi connectivity index (χ2v) is 7.64. The summed E-state index contributed by atoms with van der Waals surface area (Å²) in [6.45, 7) is 1.25. The zero-order valence-corrected chi connectivity index (χ0v) is 17.5. The second-order valence-electron chi connectivity index (χ2n) is 6.63. The molecular formula is C20H22N6O3S. The van der Waals surface area contributed by atoms with E-state index in [4.69, 9.17) is 0 Å². The lowest BCUT2D eigenvalue weighted by Crippen LogP contribution is -2.28. The van der Waals surface area contributed by atoms with Gasteiger partial charge in [0.25, 0.3) is 11.6 Å². The van der Waals surface area contributed by atoms with E-state index in [1.807, 2.05) is 37.4 Å². The summed E-state index contributed by atoms with van der Waals surface area (Å²) in [6, 6.07) is 14.4.